The molecule has 0 aromatic carbocycles. The maximum atomic E-state index is 11.5. The summed E-state index contributed by atoms with van der Waals surface area (Å²) in [6.07, 6.45) is 6.85. The third-order valence-electron chi connectivity index (χ3n) is 4.98. The molecule has 0 radical (unpaired) electrons. The second-order valence-corrected chi connectivity index (χ2v) is 6.71. The van der Waals surface area contributed by atoms with E-state index in [-0.39, 0.29) is 23.6 Å². The minimum Gasteiger partial charge on any atom is -0.301 e. The Morgan fingerprint density at radius 3 is 1.15 bits per heavy atom. The van der Waals surface area contributed by atoms with Gasteiger partial charge < -0.3 is 9.80 Å². The fourth-order valence-corrected chi connectivity index (χ4v) is 3.44. The number of hydrogen-bond acceptors (Lipinski definition) is 6. The molecule has 8 nitrogen and oxygen atoms in total. The Kier molecular flexibility index (Phi) is 5.95. The molecule has 0 atom stereocenters. The third-order valence-corrected chi connectivity index (χ3v) is 4.98. The summed E-state index contributed by atoms with van der Waals surface area (Å²) in [7, 11) is 0. The van der Waals surface area contributed by atoms with Crippen molar-refractivity contribution in [1.29, 1.82) is 0 Å². The van der Waals surface area contributed by atoms with Crippen LogP contribution < -0.4 is 0 Å². The molecule has 1 saturated heterocycles. The number of imide groups is 2. The minimum absolute atomic E-state index is 0.218. The third kappa shape index (κ3) is 4.44. The van der Waals surface area contributed by atoms with Crippen LogP contribution in [0.2, 0.25) is 0 Å². The van der Waals surface area contributed by atoms with Crippen LogP contribution in [-0.4, -0.2) is 95.6 Å². The predicted octanol–water partition coefficient (Wildman–Crippen LogP) is -0.766. The van der Waals surface area contributed by atoms with Crippen molar-refractivity contribution in [1.82, 2.24) is 19.6 Å². The first-order valence-electron chi connectivity index (χ1n) is 9.06. The summed E-state index contributed by atoms with van der Waals surface area (Å²) in [5, 5.41) is 0. The van der Waals surface area contributed by atoms with E-state index in [0.29, 0.717) is 13.1 Å². The highest BCUT2D eigenvalue weighted by Crippen LogP contribution is 2.08. The summed E-state index contributed by atoms with van der Waals surface area (Å²) in [5.74, 6) is -0.870. The van der Waals surface area contributed by atoms with Gasteiger partial charge in [-0.2, -0.15) is 0 Å². The molecule has 3 aliphatic rings. The fourth-order valence-electron chi connectivity index (χ4n) is 3.44. The molecule has 1 fully saturated rings. The standard InChI is InChI=1S/C18H24N4O4/c23-15-3-4-16(24)21(15)9-1-7-19-11-13-20(14-12-19)8-2-10-22-17(25)5-6-18(22)26/h3-6H,1-2,7-14H2. The van der Waals surface area contributed by atoms with E-state index in [0.717, 1.165) is 52.1 Å². The zero-order valence-corrected chi connectivity index (χ0v) is 14.8. The van der Waals surface area contributed by atoms with E-state index in [1.807, 2.05) is 0 Å². The van der Waals surface area contributed by atoms with Crippen LogP contribution in [0.25, 0.3) is 0 Å². The molecule has 0 aliphatic carbocycles. The molecule has 0 N–H and O–H groups in total. The van der Waals surface area contributed by atoms with Crippen LogP contribution in [0.1, 0.15) is 12.8 Å². The van der Waals surface area contributed by atoms with Gasteiger partial charge in [-0.15, -0.1) is 0 Å². The Morgan fingerprint density at radius 1 is 0.538 bits per heavy atom. The van der Waals surface area contributed by atoms with E-state index >= 15 is 0 Å². The number of carbonyl (C=O) groups is 4. The van der Waals surface area contributed by atoms with Gasteiger partial charge in [-0.3, -0.25) is 29.0 Å². The maximum absolute atomic E-state index is 11.5. The molecule has 8 heteroatoms. The Labute approximate surface area is 152 Å². The highest BCUT2D eigenvalue weighted by molar-refractivity contribution is 6.13. The fraction of sp³-hybridized carbons (Fsp3) is 0.556. The maximum Gasteiger partial charge on any atom is 0.253 e. The molecule has 0 aromatic heterocycles. The molecule has 0 aromatic rings. The number of amides is 4. The minimum atomic E-state index is -0.218. The average Bonchev–Trinajstić information content (AvgIpc) is 3.12. The van der Waals surface area contributed by atoms with Gasteiger partial charge in [0, 0.05) is 63.6 Å². The summed E-state index contributed by atoms with van der Waals surface area (Å²) >= 11 is 0. The van der Waals surface area contributed by atoms with Crippen molar-refractivity contribution in [2.75, 3.05) is 52.4 Å². The van der Waals surface area contributed by atoms with Gasteiger partial charge in [0.25, 0.3) is 23.6 Å². The van der Waals surface area contributed by atoms with Gasteiger partial charge in [-0.25, -0.2) is 0 Å². The van der Waals surface area contributed by atoms with Crippen molar-refractivity contribution in [2.45, 2.75) is 12.8 Å². The lowest BCUT2D eigenvalue weighted by molar-refractivity contribution is -0.138. The van der Waals surface area contributed by atoms with Gasteiger partial charge in [0.1, 0.15) is 0 Å². The molecular formula is C18H24N4O4. The molecule has 0 unspecified atom stereocenters. The predicted molar refractivity (Wildman–Crippen MR) is 93.8 cm³/mol. The second-order valence-electron chi connectivity index (χ2n) is 6.71. The molecule has 0 saturated carbocycles. The topological polar surface area (TPSA) is 81.2 Å². The Bertz CT molecular complexity index is 558. The van der Waals surface area contributed by atoms with Crippen LogP contribution >= 0.6 is 0 Å². The van der Waals surface area contributed by atoms with Crippen LogP contribution in [0, 0.1) is 0 Å². The normalized spacial score (nSPS) is 21.7. The Morgan fingerprint density at radius 2 is 0.846 bits per heavy atom. The van der Waals surface area contributed by atoms with E-state index in [1.165, 1.54) is 34.1 Å². The van der Waals surface area contributed by atoms with Crippen LogP contribution in [0.4, 0.5) is 0 Å². The molecule has 0 spiro atoms. The van der Waals surface area contributed by atoms with Gasteiger partial charge in [-0.05, 0) is 25.9 Å². The number of carbonyl (C=O) groups excluding carboxylic acids is 4. The van der Waals surface area contributed by atoms with Crippen molar-refractivity contribution in [3.05, 3.63) is 24.3 Å². The highest BCUT2D eigenvalue weighted by atomic mass is 16.2. The van der Waals surface area contributed by atoms with E-state index in [1.54, 1.807) is 0 Å². The lowest BCUT2D eigenvalue weighted by atomic mass is 10.2. The molecule has 26 heavy (non-hydrogen) atoms. The first-order chi connectivity index (χ1) is 12.5. The molecule has 4 amide bonds. The summed E-state index contributed by atoms with van der Waals surface area (Å²) in [4.78, 5) is 53.2. The SMILES string of the molecule is O=C1C=CC(=O)N1CCCN1CCN(CCCN2C(=O)C=CC2=O)CC1. The van der Waals surface area contributed by atoms with Crippen molar-refractivity contribution in [3.8, 4) is 0 Å². The largest absolute Gasteiger partial charge is 0.301 e. The molecule has 3 heterocycles. The Balaban J connectivity index is 1.27. The molecule has 3 rings (SSSR count). The second kappa shape index (κ2) is 8.37. The Hall–Kier alpha value is -2.32. The first-order valence-corrected chi connectivity index (χ1v) is 9.06. The average molecular weight is 360 g/mol. The van der Waals surface area contributed by atoms with Crippen molar-refractivity contribution in [3.63, 3.8) is 0 Å². The zero-order valence-electron chi connectivity index (χ0n) is 14.8. The van der Waals surface area contributed by atoms with Gasteiger partial charge in [0.2, 0.25) is 0 Å². The van der Waals surface area contributed by atoms with Crippen LogP contribution in [0.3, 0.4) is 0 Å². The molecule has 3 aliphatic heterocycles. The lowest BCUT2D eigenvalue weighted by Crippen LogP contribution is -2.47. The molecule has 0 bridgehead atoms. The number of hydrogen-bond donors (Lipinski definition) is 0. The van der Waals surface area contributed by atoms with Crippen LogP contribution in [0.5, 0.6) is 0 Å². The highest BCUT2D eigenvalue weighted by Gasteiger charge is 2.24. The van der Waals surface area contributed by atoms with Crippen LogP contribution in [-0.2, 0) is 19.2 Å². The van der Waals surface area contributed by atoms with E-state index in [2.05, 4.69) is 9.80 Å². The quantitative estimate of drug-likeness (QED) is 0.529. The van der Waals surface area contributed by atoms with Crippen molar-refractivity contribution in [2.24, 2.45) is 0 Å². The number of nitrogens with zero attached hydrogens (tertiary/aromatic N) is 4. The van der Waals surface area contributed by atoms with Gasteiger partial charge >= 0.3 is 0 Å². The first kappa shape index (κ1) is 18.5. The lowest BCUT2D eigenvalue weighted by Gasteiger charge is -2.35. The van der Waals surface area contributed by atoms with Crippen LogP contribution in [0.15, 0.2) is 24.3 Å². The van der Waals surface area contributed by atoms with Crippen molar-refractivity contribution >= 4 is 23.6 Å². The summed E-state index contributed by atoms with van der Waals surface area (Å²) in [5.41, 5.74) is 0. The summed E-state index contributed by atoms with van der Waals surface area (Å²) in [6, 6.07) is 0. The van der Waals surface area contributed by atoms with E-state index in [9.17, 15) is 19.2 Å². The molecule has 140 valence electrons. The number of piperazine rings is 1. The van der Waals surface area contributed by atoms with Crippen molar-refractivity contribution < 1.29 is 19.2 Å². The number of rotatable bonds is 8. The van der Waals surface area contributed by atoms with Gasteiger partial charge in [0.15, 0.2) is 0 Å². The van der Waals surface area contributed by atoms with Gasteiger partial charge in [0.05, 0.1) is 0 Å². The monoisotopic (exact) mass is 360 g/mol. The summed E-state index contributed by atoms with van der Waals surface area (Å²) < 4.78 is 0. The van der Waals surface area contributed by atoms with E-state index in [4.69, 9.17) is 0 Å². The van der Waals surface area contributed by atoms with Gasteiger partial charge in [-0.1, -0.05) is 0 Å². The van der Waals surface area contributed by atoms with E-state index < -0.39 is 0 Å². The zero-order chi connectivity index (χ0) is 18.5. The smallest absolute Gasteiger partial charge is 0.253 e. The summed E-state index contributed by atoms with van der Waals surface area (Å²) in [6.45, 7) is 6.47. The molecular weight excluding hydrogens is 336 g/mol.